The monoisotopic (exact) mass is 264 g/mol. The van der Waals surface area contributed by atoms with Gasteiger partial charge < -0.3 is 24.8 Å². The quantitative estimate of drug-likeness (QED) is 0.773. The SMILES string of the molecule is c1cc2c(cc1CNCCC1CNCCO1)OCO2. The predicted octanol–water partition coefficient (Wildman–Crippen LogP) is 0.883. The Balaban J connectivity index is 1.40. The highest BCUT2D eigenvalue weighted by Crippen LogP contribution is 2.32. The third-order valence-electron chi connectivity index (χ3n) is 3.41. The summed E-state index contributed by atoms with van der Waals surface area (Å²) < 4.78 is 16.3. The van der Waals surface area contributed by atoms with Crippen molar-refractivity contribution in [2.45, 2.75) is 19.1 Å². The van der Waals surface area contributed by atoms with E-state index in [1.54, 1.807) is 0 Å². The van der Waals surface area contributed by atoms with E-state index >= 15 is 0 Å². The Morgan fingerprint density at radius 3 is 3.11 bits per heavy atom. The van der Waals surface area contributed by atoms with Gasteiger partial charge in [0.2, 0.25) is 6.79 Å². The largest absolute Gasteiger partial charge is 0.454 e. The van der Waals surface area contributed by atoms with Gasteiger partial charge in [-0.15, -0.1) is 0 Å². The Kier molecular flexibility index (Phi) is 4.17. The summed E-state index contributed by atoms with van der Waals surface area (Å²) in [5.41, 5.74) is 1.21. The van der Waals surface area contributed by atoms with Crippen LogP contribution in [0.25, 0.3) is 0 Å². The third kappa shape index (κ3) is 3.37. The average molecular weight is 264 g/mol. The zero-order valence-electron chi connectivity index (χ0n) is 11.0. The number of hydrogen-bond acceptors (Lipinski definition) is 5. The van der Waals surface area contributed by atoms with Crippen LogP contribution in [0.4, 0.5) is 0 Å². The van der Waals surface area contributed by atoms with Gasteiger partial charge in [0, 0.05) is 19.6 Å². The van der Waals surface area contributed by atoms with E-state index in [1.807, 2.05) is 12.1 Å². The first-order valence-corrected chi connectivity index (χ1v) is 6.83. The highest BCUT2D eigenvalue weighted by molar-refractivity contribution is 5.44. The molecule has 5 heteroatoms. The maximum Gasteiger partial charge on any atom is 0.231 e. The van der Waals surface area contributed by atoms with Crippen LogP contribution >= 0.6 is 0 Å². The molecule has 5 nitrogen and oxygen atoms in total. The number of benzene rings is 1. The van der Waals surface area contributed by atoms with Gasteiger partial charge in [-0.1, -0.05) is 6.07 Å². The fourth-order valence-corrected chi connectivity index (χ4v) is 2.35. The van der Waals surface area contributed by atoms with Gasteiger partial charge in [0.05, 0.1) is 12.7 Å². The van der Waals surface area contributed by atoms with Crippen LogP contribution in [0.1, 0.15) is 12.0 Å². The lowest BCUT2D eigenvalue weighted by Crippen LogP contribution is -2.39. The molecule has 0 radical (unpaired) electrons. The van der Waals surface area contributed by atoms with Crippen LogP contribution in [0.3, 0.4) is 0 Å². The molecule has 1 aromatic rings. The van der Waals surface area contributed by atoms with E-state index in [4.69, 9.17) is 14.2 Å². The first kappa shape index (κ1) is 12.7. The van der Waals surface area contributed by atoms with Crippen LogP contribution in [0.2, 0.25) is 0 Å². The van der Waals surface area contributed by atoms with Crippen LogP contribution in [-0.4, -0.2) is 39.1 Å². The van der Waals surface area contributed by atoms with Crippen molar-refractivity contribution in [3.63, 3.8) is 0 Å². The standard InChI is InChI=1S/C14H20N2O3/c1-2-13-14(19-10-18-13)7-11(1)8-15-4-3-12-9-16-5-6-17-12/h1-2,7,12,15-16H,3-6,8-10H2. The average Bonchev–Trinajstić information content (AvgIpc) is 2.92. The molecule has 1 unspecified atom stereocenters. The molecule has 19 heavy (non-hydrogen) atoms. The lowest BCUT2D eigenvalue weighted by Gasteiger charge is -2.23. The molecular weight excluding hydrogens is 244 g/mol. The number of nitrogens with one attached hydrogen (secondary N) is 2. The van der Waals surface area contributed by atoms with Crippen LogP contribution in [0.5, 0.6) is 11.5 Å². The fraction of sp³-hybridized carbons (Fsp3) is 0.571. The lowest BCUT2D eigenvalue weighted by atomic mass is 10.2. The molecule has 0 saturated carbocycles. The normalized spacial score (nSPS) is 21.6. The molecule has 104 valence electrons. The fourth-order valence-electron chi connectivity index (χ4n) is 2.35. The van der Waals surface area contributed by atoms with Gasteiger partial charge in [-0.2, -0.15) is 0 Å². The molecule has 1 atom stereocenters. The predicted molar refractivity (Wildman–Crippen MR) is 71.5 cm³/mol. The Hall–Kier alpha value is -1.30. The van der Waals surface area contributed by atoms with Crippen molar-refractivity contribution < 1.29 is 14.2 Å². The molecule has 0 spiro atoms. The van der Waals surface area contributed by atoms with Crippen LogP contribution in [0, 0.1) is 0 Å². The summed E-state index contributed by atoms with van der Waals surface area (Å²) in [5, 5.41) is 6.77. The van der Waals surface area contributed by atoms with Crippen LogP contribution in [0.15, 0.2) is 18.2 Å². The van der Waals surface area contributed by atoms with Crippen molar-refractivity contribution in [1.82, 2.24) is 10.6 Å². The molecule has 0 amide bonds. The van der Waals surface area contributed by atoms with Gasteiger partial charge in [-0.25, -0.2) is 0 Å². The topological polar surface area (TPSA) is 51.8 Å². The minimum atomic E-state index is 0.332. The second kappa shape index (κ2) is 6.23. The summed E-state index contributed by atoms with van der Waals surface area (Å²) in [6.07, 6.45) is 1.38. The van der Waals surface area contributed by atoms with Crippen molar-refractivity contribution in [3.8, 4) is 11.5 Å². The molecule has 0 aromatic heterocycles. The minimum absolute atomic E-state index is 0.332. The summed E-state index contributed by atoms with van der Waals surface area (Å²) in [4.78, 5) is 0. The van der Waals surface area contributed by atoms with Gasteiger partial charge in [0.15, 0.2) is 11.5 Å². The van der Waals surface area contributed by atoms with E-state index in [2.05, 4.69) is 16.7 Å². The van der Waals surface area contributed by atoms with Gasteiger partial charge in [-0.3, -0.25) is 0 Å². The Bertz CT molecular complexity index is 419. The second-order valence-corrected chi connectivity index (χ2v) is 4.85. The lowest BCUT2D eigenvalue weighted by molar-refractivity contribution is 0.0238. The molecule has 2 aliphatic heterocycles. The summed E-state index contributed by atoms with van der Waals surface area (Å²) >= 11 is 0. The first-order chi connectivity index (χ1) is 9.42. The Labute approximate surface area is 113 Å². The molecular formula is C14H20N2O3. The zero-order valence-corrected chi connectivity index (χ0v) is 11.0. The maximum absolute atomic E-state index is 5.65. The summed E-state index contributed by atoms with van der Waals surface area (Å²) in [5.74, 6) is 1.68. The Morgan fingerprint density at radius 1 is 1.26 bits per heavy atom. The van der Waals surface area contributed by atoms with Gasteiger partial charge in [0.25, 0.3) is 0 Å². The van der Waals surface area contributed by atoms with E-state index < -0.39 is 0 Å². The van der Waals surface area contributed by atoms with Crippen molar-refractivity contribution in [1.29, 1.82) is 0 Å². The summed E-state index contributed by atoms with van der Waals surface area (Å²) in [7, 11) is 0. The molecule has 2 aliphatic rings. The minimum Gasteiger partial charge on any atom is -0.454 e. The number of hydrogen-bond donors (Lipinski definition) is 2. The summed E-state index contributed by atoms with van der Waals surface area (Å²) in [6.45, 7) is 4.90. The molecule has 1 saturated heterocycles. The van der Waals surface area contributed by atoms with Gasteiger partial charge in [-0.05, 0) is 30.7 Å². The van der Waals surface area contributed by atoms with Crippen molar-refractivity contribution in [2.24, 2.45) is 0 Å². The van der Waals surface area contributed by atoms with E-state index in [-0.39, 0.29) is 0 Å². The van der Waals surface area contributed by atoms with Gasteiger partial charge in [0.1, 0.15) is 0 Å². The van der Waals surface area contributed by atoms with Crippen LogP contribution < -0.4 is 20.1 Å². The number of ether oxygens (including phenoxy) is 3. The zero-order chi connectivity index (χ0) is 12.9. The molecule has 1 aromatic carbocycles. The smallest absolute Gasteiger partial charge is 0.231 e. The van der Waals surface area contributed by atoms with E-state index in [0.29, 0.717) is 12.9 Å². The highest BCUT2D eigenvalue weighted by Gasteiger charge is 2.14. The van der Waals surface area contributed by atoms with E-state index in [1.165, 1.54) is 5.56 Å². The molecule has 2 N–H and O–H groups in total. The van der Waals surface area contributed by atoms with Crippen molar-refractivity contribution in [3.05, 3.63) is 23.8 Å². The van der Waals surface area contributed by atoms with E-state index in [0.717, 1.165) is 50.7 Å². The van der Waals surface area contributed by atoms with E-state index in [9.17, 15) is 0 Å². The number of morpholine rings is 1. The molecule has 0 aliphatic carbocycles. The first-order valence-electron chi connectivity index (χ1n) is 6.83. The van der Waals surface area contributed by atoms with Crippen molar-refractivity contribution in [2.75, 3.05) is 33.0 Å². The molecule has 0 bridgehead atoms. The molecule has 3 rings (SSSR count). The number of fused-ring (bicyclic) bond motifs is 1. The maximum atomic E-state index is 5.65. The Morgan fingerprint density at radius 2 is 2.21 bits per heavy atom. The third-order valence-corrected chi connectivity index (χ3v) is 3.41. The number of rotatable bonds is 5. The second-order valence-electron chi connectivity index (χ2n) is 4.85. The van der Waals surface area contributed by atoms with Crippen LogP contribution in [-0.2, 0) is 11.3 Å². The van der Waals surface area contributed by atoms with Crippen molar-refractivity contribution >= 4 is 0 Å². The highest BCUT2D eigenvalue weighted by atomic mass is 16.7. The molecule has 2 heterocycles. The summed E-state index contributed by atoms with van der Waals surface area (Å²) in [6, 6.07) is 6.07. The molecule has 1 fully saturated rings. The van der Waals surface area contributed by atoms with Gasteiger partial charge >= 0.3 is 0 Å².